The summed E-state index contributed by atoms with van der Waals surface area (Å²) in [5.41, 5.74) is 0. The van der Waals surface area contributed by atoms with Crippen molar-refractivity contribution in [3.63, 3.8) is 0 Å². The third kappa shape index (κ3) is 56.4. The predicted octanol–water partition coefficient (Wildman–Crippen LogP) is 20.4. The van der Waals surface area contributed by atoms with Crippen LogP contribution in [0.25, 0.3) is 0 Å². The number of rotatable bonds is 56. The molecule has 0 radical (unpaired) electrons. The second-order valence-corrected chi connectivity index (χ2v) is 20.6. The molecule has 0 N–H and O–H groups in total. The standard InChI is InChI=1S/C63H116O6/c1-4-7-10-13-16-18-20-22-24-26-28-29-30-31-32-33-34-35-36-38-39-41-43-45-47-50-53-56-62(65)68-59-60(58-67-61(64)55-52-49-15-12-9-6-3)69-63(66)57-54-51-48-46-44-42-40-37-27-25-23-21-19-17-14-11-8-5-2/h19,21,25-28,60H,4-18,20,22-24,29-59H2,1-3H3/b21-19-,27-25-,28-26-. The topological polar surface area (TPSA) is 78.9 Å². The number of hydrogen-bond donors (Lipinski definition) is 0. The lowest BCUT2D eigenvalue weighted by atomic mass is 10.0. The van der Waals surface area contributed by atoms with Crippen molar-refractivity contribution in [3.05, 3.63) is 36.5 Å². The lowest BCUT2D eigenvalue weighted by molar-refractivity contribution is -0.167. The van der Waals surface area contributed by atoms with E-state index in [-0.39, 0.29) is 31.1 Å². The van der Waals surface area contributed by atoms with E-state index in [0.29, 0.717) is 19.3 Å². The van der Waals surface area contributed by atoms with E-state index < -0.39 is 6.10 Å². The maximum absolute atomic E-state index is 12.8. The average Bonchev–Trinajstić information content (AvgIpc) is 3.35. The summed E-state index contributed by atoms with van der Waals surface area (Å²) in [5.74, 6) is -0.874. The van der Waals surface area contributed by atoms with Gasteiger partial charge in [0, 0.05) is 19.3 Å². The summed E-state index contributed by atoms with van der Waals surface area (Å²) >= 11 is 0. The highest BCUT2D eigenvalue weighted by Gasteiger charge is 2.19. The van der Waals surface area contributed by atoms with Gasteiger partial charge >= 0.3 is 17.9 Å². The van der Waals surface area contributed by atoms with Crippen LogP contribution >= 0.6 is 0 Å². The molecule has 0 saturated carbocycles. The number of hydrogen-bond acceptors (Lipinski definition) is 6. The van der Waals surface area contributed by atoms with Crippen LogP contribution in [0.2, 0.25) is 0 Å². The average molecular weight is 970 g/mol. The molecule has 0 aromatic rings. The molecule has 0 rings (SSSR count). The third-order valence-electron chi connectivity index (χ3n) is 13.6. The Hall–Kier alpha value is -2.37. The van der Waals surface area contributed by atoms with Crippen LogP contribution in [0.15, 0.2) is 36.5 Å². The highest BCUT2D eigenvalue weighted by atomic mass is 16.6. The van der Waals surface area contributed by atoms with E-state index in [1.807, 2.05) is 0 Å². The van der Waals surface area contributed by atoms with E-state index >= 15 is 0 Å². The van der Waals surface area contributed by atoms with Gasteiger partial charge in [0.15, 0.2) is 6.10 Å². The van der Waals surface area contributed by atoms with Gasteiger partial charge in [-0.05, 0) is 77.0 Å². The molecule has 1 unspecified atom stereocenters. The molecule has 0 aliphatic rings. The van der Waals surface area contributed by atoms with Crippen LogP contribution in [0, 0.1) is 0 Å². The highest BCUT2D eigenvalue weighted by Crippen LogP contribution is 2.17. The van der Waals surface area contributed by atoms with Crippen LogP contribution in [0.4, 0.5) is 0 Å². The molecule has 6 nitrogen and oxygen atoms in total. The summed E-state index contributed by atoms with van der Waals surface area (Å²) in [6.07, 6.45) is 70.4. The molecule has 0 heterocycles. The molecule has 0 spiro atoms. The number of allylic oxidation sites excluding steroid dienone is 6. The SMILES string of the molecule is CCCCCC/C=C\C/C=C\CCCCCCCCCC(=O)OC(COC(=O)CCCCCCCC)COC(=O)CCCCCCCCCCCCCCCCC/C=C\CCCCCCCCCC. The Bertz CT molecular complexity index is 1160. The van der Waals surface area contributed by atoms with E-state index in [2.05, 4.69) is 57.2 Å². The first kappa shape index (κ1) is 66.6. The number of ether oxygens (including phenoxy) is 3. The van der Waals surface area contributed by atoms with Crippen LogP contribution in [-0.2, 0) is 28.6 Å². The Morgan fingerprint density at radius 3 is 0.826 bits per heavy atom. The fraction of sp³-hybridized carbons (Fsp3) is 0.857. The van der Waals surface area contributed by atoms with Crippen LogP contribution in [0.1, 0.15) is 329 Å². The molecular formula is C63H116O6. The van der Waals surface area contributed by atoms with E-state index in [0.717, 1.165) is 70.6 Å². The molecule has 0 bridgehead atoms. The third-order valence-corrected chi connectivity index (χ3v) is 13.6. The minimum Gasteiger partial charge on any atom is -0.462 e. The zero-order valence-electron chi connectivity index (χ0n) is 46.3. The summed E-state index contributed by atoms with van der Waals surface area (Å²) in [7, 11) is 0. The minimum atomic E-state index is -0.771. The van der Waals surface area contributed by atoms with Gasteiger partial charge in [-0.2, -0.15) is 0 Å². The lowest BCUT2D eigenvalue weighted by Gasteiger charge is -2.18. The molecule has 0 saturated heterocycles. The van der Waals surface area contributed by atoms with Crippen molar-refractivity contribution >= 4 is 17.9 Å². The second-order valence-electron chi connectivity index (χ2n) is 20.6. The zero-order chi connectivity index (χ0) is 50.0. The maximum Gasteiger partial charge on any atom is 0.306 e. The molecular weight excluding hydrogens is 853 g/mol. The molecule has 1 atom stereocenters. The van der Waals surface area contributed by atoms with Gasteiger partial charge in [0.2, 0.25) is 0 Å². The van der Waals surface area contributed by atoms with Gasteiger partial charge in [-0.15, -0.1) is 0 Å². The number of unbranched alkanes of at least 4 members (excludes halogenated alkanes) is 39. The molecule has 0 aliphatic heterocycles. The Kier molecular flexibility index (Phi) is 56.2. The Labute approximate surface area is 429 Å². The van der Waals surface area contributed by atoms with Crippen molar-refractivity contribution < 1.29 is 28.6 Å². The van der Waals surface area contributed by atoms with Gasteiger partial charge in [-0.3, -0.25) is 14.4 Å². The van der Waals surface area contributed by atoms with Gasteiger partial charge in [0.25, 0.3) is 0 Å². The molecule has 0 aliphatic carbocycles. The molecule has 0 amide bonds. The van der Waals surface area contributed by atoms with E-state index in [4.69, 9.17) is 14.2 Å². The first-order valence-electron chi connectivity index (χ1n) is 30.5. The Morgan fingerprint density at radius 2 is 0.522 bits per heavy atom. The van der Waals surface area contributed by atoms with Crippen molar-refractivity contribution in [1.29, 1.82) is 0 Å². The molecule has 69 heavy (non-hydrogen) atoms. The first-order valence-corrected chi connectivity index (χ1v) is 30.5. The smallest absolute Gasteiger partial charge is 0.306 e. The van der Waals surface area contributed by atoms with Gasteiger partial charge in [0.05, 0.1) is 0 Å². The van der Waals surface area contributed by atoms with Crippen LogP contribution in [0.5, 0.6) is 0 Å². The summed E-state index contributed by atoms with van der Waals surface area (Å²) in [5, 5.41) is 0. The summed E-state index contributed by atoms with van der Waals surface area (Å²) in [6, 6.07) is 0. The second kappa shape index (κ2) is 58.2. The maximum atomic E-state index is 12.8. The fourth-order valence-electron chi connectivity index (χ4n) is 9.00. The van der Waals surface area contributed by atoms with Gasteiger partial charge in [-0.1, -0.05) is 269 Å². The van der Waals surface area contributed by atoms with Gasteiger partial charge < -0.3 is 14.2 Å². The van der Waals surface area contributed by atoms with Crippen molar-refractivity contribution in [1.82, 2.24) is 0 Å². The number of carbonyl (C=O) groups is 3. The molecule has 0 aromatic heterocycles. The monoisotopic (exact) mass is 969 g/mol. The van der Waals surface area contributed by atoms with E-state index in [1.54, 1.807) is 0 Å². The Balaban J connectivity index is 4.05. The molecule has 404 valence electrons. The van der Waals surface area contributed by atoms with Crippen molar-refractivity contribution in [3.8, 4) is 0 Å². The van der Waals surface area contributed by atoms with Crippen molar-refractivity contribution in [2.24, 2.45) is 0 Å². The lowest BCUT2D eigenvalue weighted by Crippen LogP contribution is -2.30. The molecule has 0 aromatic carbocycles. The summed E-state index contributed by atoms with van der Waals surface area (Å²) < 4.78 is 16.8. The van der Waals surface area contributed by atoms with Crippen LogP contribution in [0.3, 0.4) is 0 Å². The van der Waals surface area contributed by atoms with Crippen LogP contribution in [-0.4, -0.2) is 37.2 Å². The normalized spacial score (nSPS) is 12.2. The van der Waals surface area contributed by atoms with E-state index in [9.17, 15) is 14.4 Å². The zero-order valence-corrected chi connectivity index (χ0v) is 46.3. The van der Waals surface area contributed by atoms with Crippen molar-refractivity contribution in [2.75, 3.05) is 13.2 Å². The first-order chi connectivity index (χ1) is 34.0. The highest BCUT2D eigenvalue weighted by molar-refractivity contribution is 5.71. The van der Waals surface area contributed by atoms with Crippen LogP contribution < -0.4 is 0 Å². The Morgan fingerprint density at radius 1 is 0.290 bits per heavy atom. The van der Waals surface area contributed by atoms with Gasteiger partial charge in [-0.25, -0.2) is 0 Å². The van der Waals surface area contributed by atoms with E-state index in [1.165, 1.54) is 218 Å². The quantitative estimate of drug-likeness (QED) is 0.0261. The molecule has 0 fully saturated rings. The minimum absolute atomic E-state index is 0.0722. The summed E-state index contributed by atoms with van der Waals surface area (Å²) in [6.45, 7) is 6.60. The molecule has 6 heteroatoms. The predicted molar refractivity (Wildman–Crippen MR) is 298 cm³/mol. The fourth-order valence-corrected chi connectivity index (χ4v) is 9.00. The van der Waals surface area contributed by atoms with Gasteiger partial charge in [0.1, 0.15) is 13.2 Å². The van der Waals surface area contributed by atoms with Crippen molar-refractivity contribution in [2.45, 2.75) is 335 Å². The number of esters is 3. The number of carbonyl (C=O) groups excluding carboxylic acids is 3. The largest absolute Gasteiger partial charge is 0.462 e. The summed E-state index contributed by atoms with van der Waals surface area (Å²) in [4.78, 5) is 37.9.